The van der Waals surface area contributed by atoms with Gasteiger partial charge in [-0.2, -0.15) is 0 Å². The van der Waals surface area contributed by atoms with Gasteiger partial charge in [-0.25, -0.2) is 18.2 Å². The molecule has 0 atom stereocenters. The molecule has 2 heterocycles. The summed E-state index contributed by atoms with van der Waals surface area (Å²) in [6.07, 6.45) is 1.49. The number of aromatic nitrogens is 1. The Labute approximate surface area is 190 Å². The first-order chi connectivity index (χ1) is 15.6. The van der Waals surface area contributed by atoms with Crippen molar-refractivity contribution in [1.82, 2.24) is 9.29 Å². The summed E-state index contributed by atoms with van der Waals surface area (Å²) in [4.78, 5) is 26.6. The average molecular weight is 468 g/mol. The van der Waals surface area contributed by atoms with Gasteiger partial charge in [0.1, 0.15) is 5.82 Å². The fourth-order valence-corrected chi connectivity index (χ4v) is 4.39. The van der Waals surface area contributed by atoms with Crippen LogP contribution < -0.4 is 5.32 Å². The lowest BCUT2D eigenvalue weighted by molar-refractivity contribution is -0.113. The van der Waals surface area contributed by atoms with E-state index in [-0.39, 0.29) is 22.0 Å². The molecule has 0 unspecified atom stereocenters. The Balaban J connectivity index is 0.000000257. The second-order valence-corrected chi connectivity index (χ2v) is 8.94. The van der Waals surface area contributed by atoms with Crippen LogP contribution >= 0.6 is 0 Å². The third-order valence-electron chi connectivity index (χ3n) is 4.74. The standard InChI is InChI=1S/C15H13N3O4S.C8H8O2/c1-18-13(15(20)17-12-8-4-5-9-16-12)14(19)10-6-2-3-7-11(10)23(18,21)22;1-6-2-4-7(5-3-6)8(9)10/h2-9,19H,1H3,(H,16,17,20);2-5H,1H3,(H,9,10). The van der Waals surface area contributed by atoms with Crippen LogP contribution in [0.5, 0.6) is 0 Å². The second-order valence-electron chi connectivity index (χ2n) is 7.01. The van der Waals surface area contributed by atoms with Gasteiger partial charge in [0.15, 0.2) is 11.5 Å². The van der Waals surface area contributed by atoms with Gasteiger partial charge in [0.2, 0.25) is 0 Å². The van der Waals surface area contributed by atoms with E-state index in [2.05, 4.69) is 10.3 Å². The number of carboxylic acids is 1. The molecule has 1 amide bonds. The molecule has 0 aliphatic carbocycles. The zero-order chi connectivity index (χ0) is 24.2. The number of fused-ring (bicyclic) bond motifs is 1. The second kappa shape index (κ2) is 9.53. The molecule has 0 saturated carbocycles. The Hall–Kier alpha value is -4.18. The maximum absolute atomic E-state index is 12.5. The molecule has 170 valence electrons. The highest BCUT2D eigenvalue weighted by molar-refractivity contribution is 7.89. The average Bonchev–Trinajstić information content (AvgIpc) is 2.79. The highest BCUT2D eigenvalue weighted by Gasteiger charge is 2.37. The minimum atomic E-state index is -3.91. The van der Waals surface area contributed by atoms with Crippen LogP contribution in [0.2, 0.25) is 0 Å². The first kappa shape index (κ1) is 23.5. The predicted molar refractivity (Wildman–Crippen MR) is 122 cm³/mol. The minimum Gasteiger partial charge on any atom is -0.505 e. The molecule has 33 heavy (non-hydrogen) atoms. The zero-order valence-corrected chi connectivity index (χ0v) is 18.6. The normalized spacial score (nSPS) is 13.9. The molecule has 1 aliphatic rings. The van der Waals surface area contributed by atoms with Crippen LogP contribution in [-0.4, -0.2) is 46.8 Å². The van der Waals surface area contributed by atoms with E-state index >= 15 is 0 Å². The van der Waals surface area contributed by atoms with E-state index in [4.69, 9.17) is 5.11 Å². The number of pyridine rings is 1. The molecule has 3 aromatic rings. The van der Waals surface area contributed by atoms with Crippen LogP contribution in [0.1, 0.15) is 21.5 Å². The fourth-order valence-electron chi connectivity index (χ4n) is 2.99. The number of aryl methyl sites for hydroxylation is 1. The Morgan fingerprint density at radius 2 is 1.61 bits per heavy atom. The number of amides is 1. The van der Waals surface area contributed by atoms with Crippen LogP contribution in [0.15, 0.2) is 83.5 Å². The van der Waals surface area contributed by atoms with Crippen molar-refractivity contribution >= 4 is 33.5 Å². The van der Waals surface area contributed by atoms with E-state index in [0.29, 0.717) is 5.56 Å². The van der Waals surface area contributed by atoms with Crippen LogP contribution in [0.4, 0.5) is 5.82 Å². The quantitative estimate of drug-likeness (QED) is 0.538. The predicted octanol–water partition coefficient (Wildman–Crippen LogP) is 3.27. The maximum atomic E-state index is 12.5. The number of aliphatic hydroxyl groups excluding tert-OH is 1. The number of likely N-dealkylation sites (N-methyl/N-ethyl adjacent to an activating group) is 1. The van der Waals surface area contributed by atoms with E-state index < -0.39 is 27.7 Å². The van der Waals surface area contributed by atoms with Gasteiger partial charge in [-0.3, -0.25) is 9.10 Å². The van der Waals surface area contributed by atoms with Gasteiger partial charge in [-0.05, 0) is 43.3 Å². The number of aromatic carboxylic acids is 1. The van der Waals surface area contributed by atoms with Gasteiger partial charge < -0.3 is 15.5 Å². The number of sulfonamides is 1. The Kier molecular flexibility index (Phi) is 6.78. The maximum Gasteiger partial charge on any atom is 0.335 e. The third kappa shape index (κ3) is 5.01. The monoisotopic (exact) mass is 467 g/mol. The molecule has 2 aromatic carbocycles. The summed E-state index contributed by atoms with van der Waals surface area (Å²) in [6, 6.07) is 17.6. The lowest BCUT2D eigenvalue weighted by Gasteiger charge is -2.28. The molecule has 1 aliphatic heterocycles. The van der Waals surface area contributed by atoms with E-state index in [1.807, 2.05) is 6.92 Å². The lowest BCUT2D eigenvalue weighted by Crippen LogP contribution is -2.37. The number of nitrogens with zero attached hydrogens (tertiary/aromatic N) is 2. The molecular weight excluding hydrogens is 446 g/mol. The Morgan fingerprint density at radius 3 is 2.21 bits per heavy atom. The van der Waals surface area contributed by atoms with Gasteiger partial charge in [0, 0.05) is 18.8 Å². The fraction of sp³-hybridized carbons (Fsp3) is 0.0870. The van der Waals surface area contributed by atoms with Crippen molar-refractivity contribution in [1.29, 1.82) is 0 Å². The van der Waals surface area contributed by atoms with Crippen molar-refractivity contribution in [2.75, 3.05) is 12.4 Å². The molecule has 9 nitrogen and oxygen atoms in total. The SMILES string of the molecule is CN1C(C(=O)Nc2ccccn2)=C(O)c2ccccc2S1(=O)=O.Cc1ccc(C(=O)O)cc1. The molecular formula is C23H21N3O6S. The summed E-state index contributed by atoms with van der Waals surface area (Å²) in [5.74, 6) is -1.78. The highest BCUT2D eigenvalue weighted by atomic mass is 32.2. The number of carbonyl (C=O) groups excluding carboxylic acids is 1. The summed E-state index contributed by atoms with van der Waals surface area (Å²) in [7, 11) is -2.69. The van der Waals surface area contributed by atoms with Crippen LogP contribution in [0, 0.1) is 6.92 Å². The number of carbonyl (C=O) groups is 2. The molecule has 0 spiro atoms. The van der Waals surface area contributed by atoms with Gasteiger partial charge in [-0.1, -0.05) is 35.9 Å². The first-order valence-corrected chi connectivity index (χ1v) is 11.1. The van der Waals surface area contributed by atoms with Crippen molar-refractivity contribution in [3.8, 4) is 0 Å². The molecule has 0 saturated heterocycles. The van der Waals surface area contributed by atoms with Crippen molar-refractivity contribution in [3.05, 3.63) is 95.3 Å². The number of anilines is 1. The summed E-state index contributed by atoms with van der Waals surface area (Å²) in [5.41, 5.74) is 1.15. The lowest BCUT2D eigenvalue weighted by atomic mass is 10.1. The molecule has 0 bridgehead atoms. The largest absolute Gasteiger partial charge is 0.505 e. The summed E-state index contributed by atoms with van der Waals surface area (Å²) in [6.45, 7) is 1.92. The Bertz CT molecular complexity index is 1320. The van der Waals surface area contributed by atoms with Gasteiger partial charge in [0.25, 0.3) is 15.9 Å². The topological polar surface area (TPSA) is 137 Å². The van der Waals surface area contributed by atoms with Crippen molar-refractivity contribution in [3.63, 3.8) is 0 Å². The molecule has 3 N–H and O–H groups in total. The number of rotatable bonds is 3. The van der Waals surface area contributed by atoms with Crippen LogP contribution in [0.25, 0.3) is 5.76 Å². The van der Waals surface area contributed by atoms with Gasteiger partial charge >= 0.3 is 5.97 Å². The number of hydrogen-bond acceptors (Lipinski definition) is 6. The number of carboxylic acid groups (broad SMARTS) is 1. The number of nitrogens with one attached hydrogen (secondary N) is 1. The van der Waals surface area contributed by atoms with Crippen molar-refractivity contribution in [2.24, 2.45) is 0 Å². The van der Waals surface area contributed by atoms with Gasteiger partial charge in [-0.15, -0.1) is 0 Å². The molecule has 0 radical (unpaired) electrons. The smallest absolute Gasteiger partial charge is 0.335 e. The molecule has 4 rings (SSSR count). The number of hydrogen-bond donors (Lipinski definition) is 3. The van der Waals surface area contributed by atoms with Crippen molar-refractivity contribution < 1.29 is 28.2 Å². The zero-order valence-electron chi connectivity index (χ0n) is 17.8. The molecule has 1 aromatic heterocycles. The number of benzene rings is 2. The number of aliphatic hydroxyl groups is 1. The first-order valence-electron chi connectivity index (χ1n) is 9.67. The summed E-state index contributed by atoms with van der Waals surface area (Å²) >= 11 is 0. The molecule has 0 fully saturated rings. The van der Waals surface area contributed by atoms with Crippen molar-refractivity contribution in [2.45, 2.75) is 11.8 Å². The Morgan fingerprint density at radius 1 is 0.970 bits per heavy atom. The van der Waals surface area contributed by atoms with Gasteiger partial charge in [0.05, 0.1) is 10.5 Å². The third-order valence-corrected chi connectivity index (χ3v) is 6.56. The summed E-state index contributed by atoms with van der Waals surface area (Å²) < 4.78 is 25.8. The van der Waals surface area contributed by atoms with E-state index in [1.165, 1.54) is 25.4 Å². The van der Waals surface area contributed by atoms with Crippen LogP contribution in [-0.2, 0) is 14.8 Å². The molecule has 10 heteroatoms. The van der Waals surface area contributed by atoms with E-state index in [1.54, 1.807) is 54.6 Å². The highest BCUT2D eigenvalue weighted by Crippen LogP contribution is 2.34. The summed E-state index contributed by atoms with van der Waals surface area (Å²) in [5, 5.41) is 21.3. The van der Waals surface area contributed by atoms with E-state index in [0.717, 1.165) is 9.87 Å². The van der Waals surface area contributed by atoms with Crippen LogP contribution in [0.3, 0.4) is 0 Å². The minimum absolute atomic E-state index is 0.0469. The van der Waals surface area contributed by atoms with E-state index in [9.17, 15) is 23.1 Å².